The van der Waals surface area contributed by atoms with Gasteiger partial charge in [0.05, 0.1) is 20.2 Å². The standard InChI is InChI=1S/C29H26Cl2IN3O3/c1-2-37-27-17-21(16-26(32)28(27)38-19-20-8-9-24(30)25(31)15-20)14-22(18-33)29(36)35-12-10-34(11-13-35)23-6-4-3-5-7-23/h3-9,14-17H,2,10-13,19H2,1H3/b22-14-. The topological polar surface area (TPSA) is 65.8 Å². The molecule has 1 fully saturated rings. The van der Waals surface area contributed by atoms with Crippen LogP contribution >= 0.6 is 45.8 Å². The van der Waals surface area contributed by atoms with E-state index in [1.54, 1.807) is 29.2 Å². The summed E-state index contributed by atoms with van der Waals surface area (Å²) in [6, 6.07) is 21.2. The first kappa shape index (κ1) is 28.1. The van der Waals surface area contributed by atoms with Crippen molar-refractivity contribution in [3.63, 3.8) is 0 Å². The van der Waals surface area contributed by atoms with E-state index < -0.39 is 0 Å². The normalized spacial score (nSPS) is 13.7. The SMILES string of the molecule is CCOc1cc(/C=C(/C#N)C(=O)N2CCN(c3ccccc3)CC2)cc(I)c1OCc1ccc(Cl)c(Cl)c1. The lowest BCUT2D eigenvalue weighted by atomic mass is 10.1. The molecule has 1 aliphatic rings. The number of piperazine rings is 1. The monoisotopic (exact) mass is 661 g/mol. The summed E-state index contributed by atoms with van der Waals surface area (Å²) < 4.78 is 12.7. The lowest BCUT2D eigenvalue weighted by molar-refractivity contribution is -0.126. The number of carbonyl (C=O) groups is 1. The summed E-state index contributed by atoms with van der Waals surface area (Å²) in [4.78, 5) is 17.2. The molecule has 3 aromatic rings. The van der Waals surface area contributed by atoms with Crippen molar-refractivity contribution in [1.82, 2.24) is 4.90 Å². The first-order chi connectivity index (χ1) is 18.4. The maximum Gasteiger partial charge on any atom is 0.264 e. The van der Waals surface area contributed by atoms with Gasteiger partial charge >= 0.3 is 0 Å². The molecule has 196 valence electrons. The largest absolute Gasteiger partial charge is 0.490 e. The number of carbonyl (C=O) groups excluding carboxylic acids is 1. The van der Waals surface area contributed by atoms with E-state index in [-0.39, 0.29) is 18.1 Å². The van der Waals surface area contributed by atoms with Gasteiger partial charge in [-0.15, -0.1) is 0 Å². The van der Waals surface area contributed by atoms with Crippen LogP contribution < -0.4 is 14.4 Å². The predicted octanol–water partition coefficient (Wildman–Crippen LogP) is 6.83. The Hall–Kier alpha value is -2.93. The molecule has 3 aromatic carbocycles. The molecule has 1 amide bonds. The summed E-state index contributed by atoms with van der Waals surface area (Å²) in [6.07, 6.45) is 1.61. The highest BCUT2D eigenvalue weighted by Gasteiger charge is 2.24. The molecule has 0 aliphatic carbocycles. The van der Waals surface area contributed by atoms with E-state index >= 15 is 0 Å². The summed E-state index contributed by atoms with van der Waals surface area (Å²) in [5.41, 5.74) is 2.77. The quantitative estimate of drug-likeness (QED) is 0.150. The van der Waals surface area contributed by atoms with Crippen molar-refractivity contribution in [2.75, 3.05) is 37.7 Å². The molecule has 38 heavy (non-hydrogen) atoms. The number of benzene rings is 3. The fourth-order valence-corrected chi connectivity index (χ4v) is 5.25. The van der Waals surface area contributed by atoms with Crippen molar-refractivity contribution in [1.29, 1.82) is 5.26 Å². The van der Waals surface area contributed by atoms with Crippen molar-refractivity contribution in [3.8, 4) is 17.6 Å². The summed E-state index contributed by atoms with van der Waals surface area (Å²) in [5.74, 6) is 0.845. The highest BCUT2D eigenvalue weighted by atomic mass is 127. The number of amides is 1. The van der Waals surface area contributed by atoms with Gasteiger partial charge in [-0.25, -0.2) is 0 Å². The Morgan fingerprint density at radius 2 is 1.76 bits per heavy atom. The Morgan fingerprint density at radius 3 is 2.42 bits per heavy atom. The number of para-hydroxylation sites is 1. The smallest absolute Gasteiger partial charge is 0.264 e. The van der Waals surface area contributed by atoms with Gasteiger partial charge in [-0.05, 0) is 83.1 Å². The van der Waals surface area contributed by atoms with Crippen LogP contribution in [0.4, 0.5) is 5.69 Å². The number of hydrogen-bond donors (Lipinski definition) is 0. The van der Waals surface area contributed by atoms with E-state index in [1.165, 1.54) is 0 Å². The molecule has 0 aromatic heterocycles. The maximum atomic E-state index is 13.2. The minimum Gasteiger partial charge on any atom is -0.490 e. The van der Waals surface area contributed by atoms with Gasteiger partial charge in [0.25, 0.3) is 5.91 Å². The molecule has 0 radical (unpaired) electrons. The van der Waals surface area contributed by atoms with Gasteiger partial charge in [-0.1, -0.05) is 47.5 Å². The average molecular weight is 662 g/mol. The summed E-state index contributed by atoms with van der Waals surface area (Å²) in [5, 5.41) is 10.8. The van der Waals surface area contributed by atoms with Gasteiger partial charge in [-0.2, -0.15) is 5.26 Å². The fraction of sp³-hybridized carbons (Fsp3) is 0.241. The number of ether oxygens (including phenoxy) is 2. The van der Waals surface area contributed by atoms with Gasteiger partial charge in [-0.3, -0.25) is 4.79 Å². The molecule has 6 nitrogen and oxygen atoms in total. The molecule has 0 N–H and O–H groups in total. The molecule has 9 heteroatoms. The fourth-order valence-electron chi connectivity index (χ4n) is 4.14. The van der Waals surface area contributed by atoms with Gasteiger partial charge in [0.15, 0.2) is 11.5 Å². The number of anilines is 1. The molecule has 1 aliphatic heterocycles. The van der Waals surface area contributed by atoms with Crippen molar-refractivity contribution < 1.29 is 14.3 Å². The molecule has 0 unspecified atom stereocenters. The molecule has 1 saturated heterocycles. The van der Waals surface area contributed by atoms with E-state index in [2.05, 4.69) is 45.7 Å². The zero-order valence-electron chi connectivity index (χ0n) is 20.8. The van der Waals surface area contributed by atoms with Crippen LogP contribution in [0.5, 0.6) is 11.5 Å². The number of rotatable bonds is 8. The third-order valence-electron chi connectivity index (χ3n) is 6.05. The highest BCUT2D eigenvalue weighted by molar-refractivity contribution is 14.1. The third kappa shape index (κ3) is 6.93. The zero-order valence-corrected chi connectivity index (χ0v) is 24.5. The Labute approximate surface area is 246 Å². The van der Waals surface area contributed by atoms with Crippen molar-refractivity contribution in [3.05, 3.63) is 91.0 Å². The molecule has 0 saturated carbocycles. The molecule has 0 bridgehead atoms. The Balaban J connectivity index is 1.49. The van der Waals surface area contributed by atoms with E-state index in [1.807, 2.05) is 37.3 Å². The van der Waals surface area contributed by atoms with Gasteiger partial charge in [0.1, 0.15) is 18.2 Å². The first-order valence-electron chi connectivity index (χ1n) is 12.1. The molecule has 1 heterocycles. The van der Waals surface area contributed by atoms with E-state index in [9.17, 15) is 10.1 Å². The lowest BCUT2D eigenvalue weighted by Gasteiger charge is -2.36. The number of hydrogen-bond acceptors (Lipinski definition) is 5. The summed E-state index contributed by atoms with van der Waals surface area (Å²) in [7, 11) is 0. The Morgan fingerprint density at radius 1 is 1.03 bits per heavy atom. The summed E-state index contributed by atoms with van der Waals surface area (Å²) in [6.45, 7) is 5.13. The average Bonchev–Trinajstić information content (AvgIpc) is 2.93. The highest BCUT2D eigenvalue weighted by Crippen LogP contribution is 2.36. The molecule has 0 spiro atoms. The Bertz CT molecular complexity index is 1370. The minimum atomic E-state index is -0.270. The van der Waals surface area contributed by atoms with Crippen molar-refractivity contribution in [2.24, 2.45) is 0 Å². The summed E-state index contributed by atoms with van der Waals surface area (Å²) >= 11 is 14.3. The van der Waals surface area contributed by atoms with Crippen LogP contribution in [0.2, 0.25) is 10.0 Å². The number of nitriles is 1. The molecular formula is C29H26Cl2IN3O3. The van der Waals surface area contributed by atoms with Gasteiger partial charge in [0, 0.05) is 31.9 Å². The number of halogens is 3. The van der Waals surface area contributed by atoms with Crippen molar-refractivity contribution in [2.45, 2.75) is 13.5 Å². The van der Waals surface area contributed by atoms with Crippen LogP contribution in [0.3, 0.4) is 0 Å². The molecular weight excluding hydrogens is 636 g/mol. The molecule has 4 rings (SSSR count). The van der Waals surface area contributed by atoms with Crippen LogP contribution in [0.15, 0.2) is 66.2 Å². The van der Waals surface area contributed by atoms with Crippen LogP contribution in [-0.2, 0) is 11.4 Å². The number of nitrogens with zero attached hydrogens (tertiary/aromatic N) is 3. The van der Waals surface area contributed by atoms with Gasteiger partial charge in [0.2, 0.25) is 0 Å². The Kier molecular flexibility index (Phi) is 9.78. The first-order valence-corrected chi connectivity index (χ1v) is 14.0. The minimum absolute atomic E-state index is 0.0842. The zero-order chi connectivity index (χ0) is 27.1. The predicted molar refractivity (Wildman–Crippen MR) is 160 cm³/mol. The van der Waals surface area contributed by atoms with Crippen LogP contribution in [0.25, 0.3) is 6.08 Å². The van der Waals surface area contributed by atoms with Crippen LogP contribution in [0, 0.1) is 14.9 Å². The van der Waals surface area contributed by atoms with E-state index in [0.717, 1.165) is 14.8 Å². The van der Waals surface area contributed by atoms with Crippen molar-refractivity contribution >= 4 is 63.5 Å². The second-order valence-corrected chi connectivity index (χ2v) is 10.6. The van der Waals surface area contributed by atoms with Crippen LogP contribution in [0.1, 0.15) is 18.1 Å². The second-order valence-electron chi connectivity index (χ2n) is 8.58. The molecule has 0 atom stereocenters. The van der Waals surface area contributed by atoms with E-state index in [4.69, 9.17) is 32.7 Å². The maximum absolute atomic E-state index is 13.2. The van der Waals surface area contributed by atoms with Gasteiger partial charge < -0.3 is 19.3 Å². The lowest BCUT2D eigenvalue weighted by Crippen LogP contribution is -2.49. The third-order valence-corrected chi connectivity index (χ3v) is 7.59. The second kappa shape index (κ2) is 13.2. The van der Waals surface area contributed by atoms with Crippen LogP contribution in [-0.4, -0.2) is 43.6 Å². The van der Waals surface area contributed by atoms with E-state index in [0.29, 0.717) is 59.9 Å².